The minimum absolute atomic E-state index is 0.0888. The van der Waals surface area contributed by atoms with Gasteiger partial charge in [-0.3, -0.25) is 4.79 Å². The van der Waals surface area contributed by atoms with Crippen molar-refractivity contribution >= 4 is 5.91 Å². The fourth-order valence-corrected chi connectivity index (χ4v) is 3.49. The smallest absolute Gasteiger partial charge is 0.249 e. The summed E-state index contributed by atoms with van der Waals surface area (Å²) in [4.78, 5) is 19.1. The molecule has 1 saturated heterocycles. The minimum atomic E-state index is -0.0888. The highest BCUT2D eigenvalue weighted by Gasteiger charge is 2.38. The summed E-state index contributed by atoms with van der Waals surface area (Å²) in [6.07, 6.45) is 5.05. The number of aromatic nitrogens is 2. The summed E-state index contributed by atoms with van der Waals surface area (Å²) in [5, 5.41) is 4.11. The van der Waals surface area contributed by atoms with Gasteiger partial charge in [-0.25, -0.2) is 0 Å². The van der Waals surface area contributed by atoms with Gasteiger partial charge < -0.3 is 14.2 Å². The third kappa shape index (κ3) is 2.56. The van der Waals surface area contributed by atoms with Crippen LogP contribution in [0.3, 0.4) is 0 Å². The van der Waals surface area contributed by atoms with Crippen molar-refractivity contribution in [1.29, 1.82) is 0 Å². The van der Waals surface area contributed by atoms with E-state index in [1.165, 1.54) is 0 Å². The summed E-state index contributed by atoms with van der Waals surface area (Å²) in [6, 6.07) is 7.50. The van der Waals surface area contributed by atoms with Crippen molar-refractivity contribution in [3.63, 3.8) is 0 Å². The molecule has 2 fully saturated rings. The molecular weight excluding hydrogens is 306 g/mol. The van der Waals surface area contributed by atoms with Gasteiger partial charge in [-0.1, -0.05) is 23.7 Å². The summed E-state index contributed by atoms with van der Waals surface area (Å²) < 4.78 is 10.9. The van der Waals surface area contributed by atoms with Crippen molar-refractivity contribution in [2.75, 3.05) is 13.7 Å². The molecule has 0 N–H and O–H groups in total. The van der Waals surface area contributed by atoms with Crippen molar-refractivity contribution in [3.05, 3.63) is 30.2 Å². The number of carbonyl (C=O) groups is 1. The van der Waals surface area contributed by atoms with Gasteiger partial charge in [0.2, 0.25) is 17.6 Å². The number of amides is 1. The Balaban J connectivity index is 1.58. The molecule has 2 heterocycles. The van der Waals surface area contributed by atoms with Crippen LogP contribution in [0.5, 0.6) is 5.75 Å². The Morgan fingerprint density at radius 2 is 2.08 bits per heavy atom. The van der Waals surface area contributed by atoms with E-state index in [0.717, 1.165) is 44.2 Å². The van der Waals surface area contributed by atoms with Gasteiger partial charge in [-0.2, -0.15) is 4.98 Å². The first kappa shape index (κ1) is 15.2. The number of hydrogen-bond donors (Lipinski definition) is 0. The Kier molecular flexibility index (Phi) is 3.96. The van der Waals surface area contributed by atoms with Gasteiger partial charge in [0.05, 0.1) is 12.7 Å². The average Bonchev–Trinajstić information content (AvgIpc) is 3.22. The SMILES string of the molecule is COc1ccccc1-c1noc(C2CCCN2C(=O)C2CCC2)n1. The third-order valence-electron chi connectivity index (χ3n) is 5.06. The van der Waals surface area contributed by atoms with Crippen LogP contribution >= 0.6 is 0 Å². The first-order valence-corrected chi connectivity index (χ1v) is 8.55. The zero-order valence-electron chi connectivity index (χ0n) is 13.8. The van der Waals surface area contributed by atoms with E-state index in [-0.39, 0.29) is 17.9 Å². The van der Waals surface area contributed by atoms with E-state index < -0.39 is 0 Å². The van der Waals surface area contributed by atoms with E-state index >= 15 is 0 Å². The highest BCUT2D eigenvalue weighted by atomic mass is 16.5. The zero-order valence-corrected chi connectivity index (χ0v) is 13.8. The lowest BCUT2D eigenvalue weighted by Crippen LogP contribution is -2.38. The molecule has 1 aliphatic heterocycles. The largest absolute Gasteiger partial charge is 0.496 e. The number of rotatable bonds is 4. The van der Waals surface area contributed by atoms with Crippen LogP contribution in [-0.2, 0) is 4.79 Å². The molecule has 126 valence electrons. The monoisotopic (exact) mass is 327 g/mol. The zero-order chi connectivity index (χ0) is 16.5. The summed E-state index contributed by atoms with van der Waals surface area (Å²) in [7, 11) is 1.62. The molecule has 2 aliphatic rings. The van der Waals surface area contributed by atoms with E-state index in [0.29, 0.717) is 17.5 Å². The van der Waals surface area contributed by atoms with Gasteiger partial charge in [-0.05, 0) is 37.8 Å². The normalized spacial score (nSPS) is 20.9. The second kappa shape index (κ2) is 6.26. The van der Waals surface area contributed by atoms with Gasteiger partial charge in [0.1, 0.15) is 11.8 Å². The van der Waals surface area contributed by atoms with Crippen LogP contribution in [0.2, 0.25) is 0 Å². The quantitative estimate of drug-likeness (QED) is 0.862. The fourth-order valence-electron chi connectivity index (χ4n) is 3.49. The highest BCUT2D eigenvalue weighted by Crippen LogP contribution is 2.37. The van der Waals surface area contributed by atoms with Crippen LogP contribution < -0.4 is 4.74 Å². The Labute approximate surface area is 140 Å². The van der Waals surface area contributed by atoms with E-state index in [9.17, 15) is 4.79 Å². The number of methoxy groups -OCH3 is 1. The second-order valence-electron chi connectivity index (χ2n) is 6.47. The van der Waals surface area contributed by atoms with Crippen LogP contribution in [0.15, 0.2) is 28.8 Å². The van der Waals surface area contributed by atoms with E-state index in [2.05, 4.69) is 10.1 Å². The van der Waals surface area contributed by atoms with Crippen LogP contribution in [0.4, 0.5) is 0 Å². The molecule has 1 unspecified atom stereocenters. The van der Waals surface area contributed by atoms with Gasteiger partial charge in [0, 0.05) is 12.5 Å². The van der Waals surface area contributed by atoms with Gasteiger partial charge in [0.15, 0.2) is 0 Å². The lowest BCUT2D eigenvalue weighted by molar-refractivity contribution is -0.139. The van der Waals surface area contributed by atoms with Crippen LogP contribution in [0, 0.1) is 5.92 Å². The van der Waals surface area contributed by atoms with E-state index in [4.69, 9.17) is 9.26 Å². The predicted molar refractivity (Wildman–Crippen MR) is 87.3 cm³/mol. The maximum atomic E-state index is 12.6. The number of benzene rings is 1. The van der Waals surface area contributed by atoms with Crippen molar-refractivity contribution in [2.45, 2.75) is 38.1 Å². The molecule has 1 saturated carbocycles. The predicted octanol–water partition coefficient (Wildman–Crippen LogP) is 3.21. The average molecular weight is 327 g/mol. The maximum absolute atomic E-state index is 12.6. The van der Waals surface area contributed by atoms with E-state index in [1.54, 1.807) is 7.11 Å². The van der Waals surface area contributed by atoms with Crippen molar-refractivity contribution < 1.29 is 14.1 Å². The number of ether oxygens (including phenoxy) is 1. The molecule has 6 nitrogen and oxygen atoms in total. The lowest BCUT2D eigenvalue weighted by atomic mass is 9.84. The highest BCUT2D eigenvalue weighted by molar-refractivity contribution is 5.80. The van der Waals surface area contributed by atoms with Crippen molar-refractivity contribution in [3.8, 4) is 17.1 Å². The maximum Gasteiger partial charge on any atom is 0.249 e. The molecule has 2 aromatic rings. The molecule has 4 rings (SSSR count). The molecular formula is C18H21N3O3. The number of hydrogen-bond acceptors (Lipinski definition) is 5. The van der Waals surface area contributed by atoms with E-state index in [1.807, 2.05) is 29.2 Å². The number of para-hydroxylation sites is 1. The molecule has 1 aliphatic carbocycles. The fraction of sp³-hybridized carbons (Fsp3) is 0.500. The summed E-state index contributed by atoms with van der Waals surface area (Å²) in [6.45, 7) is 0.784. The number of carbonyl (C=O) groups excluding carboxylic acids is 1. The Bertz CT molecular complexity index is 739. The third-order valence-corrected chi connectivity index (χ3v) is 5.06. The second-order valence-corrected chi connectivity index (χ2v) is 6.47. The molecule has 1 aromatic carbocycles. The minimum Gasteiger partial charge on any atom is -0.496 e. The summed E-state index contributed by atoms with van der Waals surface area (Å²) >= 11 is 0. The molecule has 1 amide bonds. The molecule has 0 bridgehead atoms. The first-order chi connectivity index (χ1) is 11.8. The first-order valence-electron chi connectivity index (χ1n) is 8.55. The molecule has 24 heavy (non-hydrogen) atoms. The summed E-state index contributed by atoms with van der Waals surface area (Å²) in [5.74, 6) is 2.19. The Morgan fingerprint density at radius 1 is 1.25 bits per heavy atom. The Morgan fingerprint density at radius 3 is 2.83 bits per heavy atom. The lowest BCUT2D eigenvalue weighted by Gasteiger charge is -2.31. The van der Waals surface area contributed by atoms with Crippen LogP contribution in [0.1, 0.15) is 44.0 Å². The van der Waals surface area contributed by atoms with Crippen LogP contribution in [0.25, 0.3) is 11.4 Å². The number of likely N-dealkylation sites (tertiary alicyclic amines) is 1. The van der Waals surface area contributed by atoms with Gasteiger partial charge in [0.25, 0.3) is 0 Å². The Hall–Kier alpha value is -2.37. The summed E-state index contributed by atoms with van der Waals surface area (Å²) in [5.41, 5.74) is 0.796. The number of nitrogens with zero attached hydrogens (tertiary/aromatic N) is 3. The molecule has 1 aromatic heterocycles. The molecule has 0 radical (unpaired) electrons. The van der Waals surface area contributed by atoms with Gasteiger partial charge >= 0.3 is 0 Å². The molecule has 1 atom stereocenters. The van der Waals surface area contributed by atoms with Crippen molar-refractivity contribution in [1.82, 2.24) is 15.0 Å². The van der Waals surface area contributed by atoms with Crippen LogP contribution in [-0.4, -0.2) is 34.6 Å². The van der Waals surface area contributed by atoms with Gasteiger partial charge in [-0.15, -0.1) is 0 Å². The molecule has 6 heteroatoms. The molecule has 0 spiro atoms. The topological polar surface area (TPSA) is 68.5 Å². The standard InChI is InChI=1S/C18H21N3O3/c1-23-15-10-3-2-8-13(15)16-19-17(24-20-16)14-9-5-11-21(14)18(22)12-6-4-7-12/h2-3,8,10,12,14H,4-7,9,11H2,1H3. The van der Waals surface area contributed by atoms with Crippen molar-refractivity contribution in [2.24, 2.45) is 5.92 Å².